The molecule has 1 unspecified atom stereocenters. The number of carbonyl (C=O) groups excluding carboxylic acids is 1. The van der Waals surface area contributed by atoms with Gasteiger partial charge in [-0.3, -0.25) is 4.79 Å². The molecule has 7 heteroatoms. The minimum Gasteiger partial charge on any atom is -0.384 e. The quantitative estimate of drug-likeness (QED) is 0.744. The fraction of sp³-hybridized carbons (Fsp3) is 0.167. The van der Waals surface area contributed by atoms with Crippen molar-refractivity contribution in [1.29, 1.82) is 0 Å². The normalized spacial score (nSPS) is 13.2. The van der Waals surface area contributed by atoms with E-state index < -0.39 is 5.60 Å². The second kappa shape index (κ2) is 6.82. The van der Waals surface area contributed by atoms with Gasteiger partial charge in [-0.2, -0.15) is 4.98 Å². The zero-order chi connectivity index (χ0) is 17.9. The van der Waals surface area contributed by atoms with E-state index in [0.29, 0.717) is 17.0 Å². The molecule has 1 atom stereocenters. The predicted octanol–water partition coefficient (Wildman–Crippen LogP) is 2.51. The highest BCUT2D eigenvalue weighted by molar-refractivity contribution is 5.94. The first-order valence-corrected chi connectivity index (χ1v) is 7.59. The number of amides is 1. The molecule has 1 amide bonds. The monoisotopic (exact) mass is 341 g/mol. The number of aromatic nitrogens is 2. The van der Waals surface area contributed by atoms with Crippen molar-refractivity contribution >= 4 is 5.91 Å². The zero-order valence-corrected chi connectivity index (χ0v) is 13.4. The van der Waals surface area contributed by atoms with Crippen molar-refractivity contribution in [3.8, 4) is 11.4 Å². The molecule has 128 valence electrons. The van der Waals surface area contributed by atoms with Crippen LogP contribution in [0.2, 0.25) is 0 Å². The fourth-order valence-corrected chi connectivity index (χ4v) is 2.33. The molecule has 6 nitrogen and oxygen atoms in total. The summed E-state index contributed by atoms with van der Waals surface area (Å²) in [5.74, 6) is -0.279. The summed E-state index contributed by atoms with van der Waals surface area (Å²) in [4.78, 5) is 16.2. The third kappa shape index (κ3) is 3.89. The van der Waals surface area contributed by atoms with Gasteiger partial charge in [0.25, 0.3) is 5.91 Å². The van der Waals surface area contributed by atoms with Crippen LogP contribution in [0.25, 0.3) is 11.4 Å². The SMILES string of the molecule is CC(O)(CNC(=O)c1ccc(-c2ncon2)cc1)c1ccc(F)cc1. The molecule has 2 N–H and O–H groups in total. The number of rotatable bonds is 5. The van der Waals surface area contributed by atoms with E-state index in [4.69, 9.17) is 0 Å². The van der Waals surface area contributed by atoms with E-state index in [1.54, 1.807) is 31.2 Å². The molecule has 0 bridgehead atoms. The van der Waals surface area contributed by atoms with Gasteiger partial charge in [-0.05, 0) is 36.8 Å². The Kier molecular flexibility index (Phi) is 4.58. The summed E-state index contributed by atoms with van der Waals surface area (Å²) < 4.78 is 17.7. The topological polar surface area (TPSA) is 88.2 Å². The van der Waals surface area contributed by atoms with Gasteiger partial charge in [0.05, 0.1) is 6.54 Å². The van der Waals surface area contributed by atoms with Gasteiger partial charge in [0.1, 0.15) is 11.4 Å². The van der Waals surface area contributed by atoms with E-state index in [9.17, 15) is 14.3 Å². The maximum atomic E-state index is 13.0. The molecule has 0 spiro atoms. The first-order valence-electron chi connectivity index (χ1n) is 7.59. The van der Waals surface area contributed by atoms with Crippen LogP contribution in [-0.2, 0) is 5.60 Å². The van der Waals surface area contributed by atoms with E-state index in [1.807, 2.05) is 0 Å². The van der Waals surface area contributed by atoms with Crippen LogP contribution in [-0.4, -0.2) is 27.7 Å². The molecule has 0 saturated heterocycles. The van der Waals surface area contributed by atoms with Crippen LogP contribution < -0.4 is 5.32 Å². The lowest BCUT2D eigenvalue weighted by atomic mass is 9.96. The highest BCUT2D eigenvalue weighted by Gasteiger charge is 2.24. The van der Waals surface area contributed by atoms with Gasteiger partial charge in [0.2, 0.25) is 12.2 Å². The molecule has 3 rings (SSSR count). The second-order valence-electron chi connectivity index (χ2n) is 5.80. The Labute approximate surface area is 143 Å². The molecule has 25 heavy (non-hydrogen) atoms. The summed E-state index contributed by atoms with van der Waals surface area (Å²) in [5.41, 5.74) is 0.362. The number of aliphatic hydroxyl groups is 1. The van der Waals surface area contributed by atoms with Gasteiger partial charge in [-0.15, -0.1) is 0 Å². The summed E-state index contributed by atoms with van der Waals surface area (Å²) >= 11 is 0. The third-order valence-electron chi connectivity index (χ3n) is 3.83. The van der Waals surface area contributed by atoms with E-state index in [1.165, 1.54) is 30.7 Å². The van der Waals surface area contributed by atoms with Crippen molar-refractivity contribution in [2.75, 3.05) is 6.54 Å². The Balaban J connectivity index is 1.65. The Hall–Kier alpha value is -3.06. The summed E-state index contributed by atoms with van der Waals surface area (Å²) in [7, 11) is 0. The molecule has 3 aromatic rings. The average Bonchev–Trinajstić information content (AvgIpc) is 3.15. The van der Waals surface area contributed by atoms with Crippen molar-refractivity contribution in [1.82, 2.24) is 15.5 Å². The molecule has 1 heterocycles. The lowest BCUT2D eigenvalue weighted by Gasteiger charge is -2.24. The highest BCUT2D eigenvalue weighted by Crippen LogP contribution is 2.20. The molecule has 0 radical (unpaired) electrons. The Morgan fingerprint density at radius 3 is 2.48 bits per heavy atom. The maximum absolute atomic E-state index is 13.0. The second-order valence-corrected chi connectivity index (χ2v) is 5.80. The molecule has 0 aliphatic carbocycles. The first kappa shape index (κ1) is 16.8. The molecule has 0 aliphatic rings. The predicted molar refractivity (Wildman–Crippen MR) is 88.0 cm³/mol. The van der Waals surface area contributed by atoms with Gasteiger partial charge in [0.15, 0.2) is 0 Å². The van der Waals surface area contributed by atoms with Crippen molar-refractivity contribution in [2.45, 2.75) is 12.5 Å². The zero-order valence-electron chi connectivity index (χ0n) is 13.4. The van der Waals surface area contributed by atoms with Crippen LogP contribution in [0.3, 0.4) is 0 Å². The van der Waals surface area contributed by atoms with E-state index in [-0.39, 0.29) is 18.3 Å². The highest BCUT2D eigenvalue weighted by atomic mass is 19.1. The fourth-order valence-electron chi connectivity index (χ4n) is 2.33. The number of nitrogens with one attached hydrogen (secondary N) is 1. The summed E-state index contributed by atoms with van der Waals surface area (Å²) in [6.07, 6.45) is 1.23. The van der Waals surface area contributed by atoms with Gasteiger partial charge >= 0.3 is 0 Å². The van der Waals surface area contributed by atoms with Gasteiger partial charge in [-0.25, -0.2) is 4.39 Å². The van der Waals surface area contributed by atoms with Crippen molar-refractivity contribution < 1.29 is 18.8 Å². The third-order valence-corrected chi connectivity index (χ3v) is 3.83. The van der Waals surface area contributed by atoms with E-state index >= 15 is 0 Å². The van der Waals surface area contributed by atoms with Crippen LogP contribution in [0, 0.1) is 5.82 Å². The molecule has 1 aromatic heterocycles. The lowest BCUT2D eigenvalue weighted by Crippen LogP contribution is -2.38. The summed E-state index contributed by atoms with van der Waals surface area (Å²) in [6.45, 7) is 1.55. The lowest BCUT2D eigenvalue weighted by molar-refractivity contribution is 0.0526. The van der Waals surface area contributed by atoms with Gasteiger partial charge < -0.3 is 14.9 Å². The molecule has 2 aromatic carbocycles. The molecular formula is C18H16FN3O3. The van der Waals surface area contributed by atoms with Crippen molar-refractivity contribution in [3.63, 3.8) is 0 Å². The molecular weight excluding hydrogens is 325 g/mol. The summed E-state index contributed by atoms with van der Waals surface area (Å²) in [6, 6.07) is 12.2. The van der Waals surface area contributed by atoms with Crippen molar-refractivity contribution in [2.24, 2.45) is 0 Å². The number of nitrogens with zero attached hydrogens (tertiary/aromatic N) is 2. The van der Waals surface area contributed by atoms with E-state index in [0.717, 1.165) is 5.56 Å². The number of benzene rings is 2. The Morgan fingerprint density at radius 1 is 1.20 bits per heavy atom. The van der Waals surface area contributed by atoms with Crippen LogP contribution in [0.1, 0.15) is 22.8 Å². The first-order chi connectivity index (χ1) is 12.0. The minimum atomic E-state index is -1.31. The molecule has 0 fully saturated rings. The average molecular weight is 341 g/mol. The van der Waals surface area contributed by atoms with Crippen LogP contribution >= 0.6 is 0 Å². The molecule has 0 saturated carbocycles. The Morgan fingerprint density at radius 2 is 1.88 bits per heavy atom. The van der Waals surface area contributed by atoms with Gasteiger partial charge in [-0.1, -0.05) is 29.4 Å². The van der Waals surface area contributed by atoms with Gasteiger partial charge in [0, 0.05) is 11.1 Å². The Bertz CT molecular complexity index is 844. The number of hydrogen-bond acceptors (Lipinski definition) is 5. The number of hydrogen-bond donors (Lipinski definition) is 2. The van der Waals surface area contributed by atoms with Crippen molar-refractivity contribution in [3.05, 3.63) is 71.9 Å². The largest absolute Gasteiger partial charge is 0.384 e. The minimum absolute atomic E-state index is 0.00986. The standard InChI is InChI=1S/C18H16FN3O3/c1-18(24,14-6-8-15(19)9-7-14)10-20-17(23)13-4-2-12(3-5-13)16-21-11-25-22-16/h2-9,11,24H,10H2,1H3,(H,20,23). The van der Waals surface area contributed by atoms with Crippen LogP contribution in [0.5, 0.6) is 0 Å². The summed E-state index contributed by atoms with van der Waals surface area (Å²) in [5, 5.41) is 16.9. The maximum Gasteiger partial charge on any atom is 0.251 e. The number of halogens is 1. The smallest absolute Gasteiger partial charge is 0.251 e. The van der Waals surface area contributed by atoms with E-state index in [2.05, 4.69) is 20.0 Å². The van der Waals surface area contributed by atoms with Crippen LogP contribution in [0.15, 0.2) is 59.4 Å². The number of carbonyl (C=O) groups is 1. The van der Waals surface area contributed by atoms with Crippen LogP contribution in [0.4, 0.5) is 4.39 Å². The molecule has 0 aliphatic heterocycles.